The lowest BCUT2D eigenvalue weighted by atomic mass is 10.1. The summed E-state index contributed by atoms with van der Waals surface area (Å²) in [4.78, 5) is 2.24. The fourth-order valence-corrected chi connectivity index (χ4v) is 2.77. The van der Waals surface area contributed by atoms with Crippen molar-refractivity contribution in [2.24, 2.45) is 0 Å². The molecule has 0 heterocycles. The number of hydrogen-bond acceptors (Lipinski definition) is 2. The third kappa shape index (κ3) is 3.50. The van der Waals surface area contributed by atoms with Gasteiger partial charge in [-0.25, -0.2) is 0 Å². The number of anilines is 3. The molecule has 2 nitrogen and oxygen atoms in total. The van der Waals surface area contributed by atoms with E-state index in [0.717, 1.165) is 29.0 Å². The lowest BCUT2D eigenvalue weighted by Crippen LogP contribution is -2.10. The molecule has 0 saturated carbocycles. The third-order valence-electron chi connectivity index (χ3n) is 4.27. The van der Waals surface area contributed by atoms with E-state index in [1.807, 2.05) is 12.1 Å². The van der Waals surface area contributed by atoms with Crippen LogP contribution in [0.5, 0.6) is 0 Å². The first-order chi connectivity index (χ1) is 11.7. The van der Waals surface area contributed by atoms with Crippen molar-refractivity contribution < 1.29 is 5.11 Å². The van der Waals surface area contributed by atoms with Crippen LogP contribution in [0.4, 0.5) is 17.1 Å². The number of rotatable bonds is 5. The van der Waals surface area contributed by atoms with E-state index >= 15 is 0 Å². The summed E-state index contributed by atoms with van der Waals surface area (Å²) in [5, 5.41) is 9.28. The Morgan fingerprint density at radius 2 is 1.08 bits per heavy atom. The van der Waals surface area contributed by atoms with Gasteiger partial charge in [-0.15, -0.1) is 0 Å². The van der Waals surface area contributed by atoms with Gasteiger partial charge in [0.2, 0.25) is 0 Å². The van der Waals surface area contributed by atoms with Crippen molar-refractivity contribution in [3.8, 4) is 0 Å². The molecular formula is C22H23NO. The Labute approximate surface area is 144 Å². The van der Waals surface area contributed by atoms with Crippen LogP contribution in [0.25, 0.3) is 0 Å². The minimum absolute atomic E-state index is 0.0655. The number of benzene rings is 3. The summed E-state index contributed by atoms with van der Waals surface area (Å²) in [6.07, 6.45) is 1.04. The zero-order valence-electron chi connectivity index (χ0n) is 14.2. The highest BCUT2D eigenvalue weighted by Crippen LogP contribution is 2.34. The van der Waals surface area contributed by atoms with Crippen molar-refractivity contribution in [2.45, 2.75) is 26.9 Å². The van der Waals surface area contributed by atoms with Crippen LogP contribution in [0.1, 0.15) is 23.6 Å². The first-order valence-corrected chi connectivity index (χ1v) is 8.37. The van der Waals surface area contributed by atoms with Crippen LogP contribution >= 0.6 is 0 Å². The summed E-state index contributed by atoms with van der Waals surface area (Å²) in [7, 11) is 0. The molecule has 0 radical (unpaired) electrons. The average molecular weight is 317 g/mol. The number of hydrogen-bond donors (Lipinski definition) is 1. The second-order valence-corrected chi connectivity index (χ2v) is 6.02. The molecule has 3 aromatic rings. The van der Waals surface area contributed by atoms with Gasteiger partial charge < -0.3 is 10.0 Å². The Morgan fingerprint density at radius 3 is 1.50 bits per heavy atom. The Kier molecular flexibility index (Phi) is 4.97. The molecule has 0 saturated heterocycles. The molecule has 3 aromatic carbocycles. The molecule has 0 bridgehead atoms. The lowest BCUT2D eigenvalue weighted by Gasteiger charge is -2.26. The molecule has 2 heteroatoms. The number of aliphatic hydroxyl groups excluding tert-OH is 1. The summed E-state index contributed by atoms with van der Waals surface area (Å²) in [5.41, 5.74) is 6.84. The average Bonchev–Trinajstić information content (AvgIpc) is 2.64. The van der Waals surface area contributed by atoms with Crippen molar-refractivity contribution in [1.29, 1.82) is 0 Å². The van der Waals surface area contributed by atoms with E-state index in [0.29, 0.717) is 0 Å². The lowest BCUT2D eigenvalue weighted by molar-refractivity contribution is 0.282. The molecule has 0 fully saturated rings. The molecule has 1 N–H and O–H groups in total. The Bertz CT molecular complexity index is 726. The maximum Gasteiger partial charge on any atom is 0.0681 e. The van der Waals surface area contributed by atoms with Crippen LogP contribution in [-0.4, -0.2) is 5.11 Å². The van der Waals surface area contributed by atoms with E-state index < -0.39 is 0 Å². The van der Waals surface area contributed by atoms with Crippen LogP contribution in [0.2, 0.25) is 0 Å². The van der Waals surface area contributed by atoms with Crippen LogP contribution in [0.3, 0.4) is 0 Å². The van der Waals surface area contributed by atoms with Gasteiger partial charge in [0.05, 0.1) is 6.61 Å². The number of aryl methyl sites for hydroxylation is 2. The molecule has 0 aliphatic heterocycles. The summed E-state index contributed by atoms with van der Waals surface area (Å²) in [5.74, 6) is 0. The predicted octanol–water partition coefficient (Wildman–Crippen LogP) is 5.52. The fraction of sp³-hybridized carbons (Fsp3) is 0.182. The normalized spacial score (nSPS) is 10.6. The van der Waals surface area contributed by atoms with Gasteiger partial charge in [-0.1, -0.05) is 48.9 Å². The van der Waals surface area contributed by atoms with E-state index in [9.17, 15) is 5.11 Å². The highest BCUT2D eigenvalue weighted by molar-refractivity contribution is 5.76. The van der Waals surface area contributed by atoms with E-state index in [-0.39, 0.29) is 6.61 Å². The van der Waals surface area contributed by atoms with Gasteiger partial charge in [0.1, 0.15) is 0 Å². The first kappa shape index (κ1) is 16.3. The molecule has 0 aromatic heterocycles. The third-order valence-corrected chi connectivity index (χ3v) is 4.27. The minimum atomic E-state index is 0.0655. The van der Waals surface area contributed by atoms with E-state index in [1.165, 1.54) is 11.1 Å². The zero-order valence-corrected chi connectivity index (χ0v) is 14.2. The molecular weight excluding hydrogens is 294 g/mol. The second kappa shape index (κ2) is 7.33. The van der Waals surface area contributed by atoms with Crippen molar-refractivity contribution in [1.82, 2.24) is 0 Å². The van der Waals surface area contributed by atoms with Gasteiger partial charge in [0.15, 0.2) is 0 Å². The summed E-state index contributed by atoms with van der Waals surface area (Å²) in [6, 6.07) is 25.3. The van der Waals surface area contributed by atoms with Crippen LogP contribution in [-0.2, 0) is 13.0 Å². The van der Waals surface area contributed by atoms with Crippen LogP contribution < -0.4 is 4.90 Å². The quantitative estimate of drug-likeness (QED) is 0.670. The van der Waals surface area contributed by atoms with E-state index in [2.05, 4.69) is 79.4 Å². The molecule has 3 rings (SSSR count). The summed E-state index contributed by atoms with van der Waals surface area (Å²) < 4.78 is 0. The molecule has 0 atom stereocenters. The van der Waals surface area contributed by atoms with E-state index in [4.69, 9.17) is 0 Å². The molecule has 122 valence electrons. The number of aliphatic hydroxyl groups is 1. The molecule has 0 spiro atoms. The highest BCUT2D eigenvalue weighted by atomic mass is 16.3. The zero-order chi connectivity index (χ0) is 16.9. The highest BCUT2D eigenvalue weighted by Gasteiger charge is 2.12. The Balaban J connectivity index is 2.06. The Hall–Kier alpha value is -2.58. The first-order valence-electron chi connectivity index (χ1n) is 8.37. The van der Waals surface area contributed by atoms with Crippen molar-refractivity contribution in [2.75, 3.05) is 4.90 Å². The molecule has 0 amide bonds. The smallest absolute Gasteiger partial charge is 0.0681 e. The maximum atomic E-state index is 9.28. The topological polar surface area (TPSA) is 23.5 Å². The predicted molar refractivity (Wildman–Crippen MR) is 101 cm³/mol. The van der Waals surface area contributed by atoms with Gasteiger partial charge in [-0.2, -0.15) is 0 Å². The van der Waals surface area contributed by atoms with Gasteiger partial charge >= 0.3 is 0 Å². The Morgan fingerprint density at radius 1 is 0.667 bits per heavy atom. The SMILES string of the molecule is CCc1ccc(N(c2ccc(C)cc2)c2ccc(CO)cc2)cc1. The van der Waals surface area contributed by atoms with Crippen LogP contribution in [0, 0.1) is 6.92 Å². The van der Waals surface area contributed by atoms with Gasteiger partial charge in [-0.05, 0) is 60.9 Å². The molecule has 0 aliphatic carbocycles. The van der Waals surface area contributed by atoms with E-state index in [1.54, 1.807) is 0 Å². The molecule has 24 heavy (non-hydrogen) atoms. The van der Waals surface area contributed by atoms with Crippen molar-refractivity contribution >= 4 is 17.1 Å². The van der Waals surface area contributed by atoms with Crippen molar-refractivity contribution in [3.63, 3.8) is 0 Å². The maximum absolute atomic E-state index is 9.28. The molecule has 0 aliphatic rings. The summed E-state index contributed by atoms with van der Waals surface area (Å²) in [6.45, 7) is 4.33. The summed E-state index contributed by atoms with van der Waals surface area (Å²) >= 11 is 0. The minimum Gasteiger partial charge on any atom is -0.392 e. The van der Waals surface area contributed by atoms with Gasteiger partial charge in [-0.3, -0.25) is 0 Å². The van der Waals surface area contributed by atoms with Crippen LogP contribution in [0.15, 0.2) is 72.8 Å². The van der Waals surface area contributed by atoms with Crippen molar-refractivity contribution in [3.05, 3.63) is 89.5 Å². The molecule has 0 unspecified atom stereocenters. The van der Waals surface area contributed by atoms with Gasteiger partial charge in [0.25, 0.3) is 0 Å². The fourth-order valence-electron chi connectivity index (χ4n) is 2.77. The number of nitrogens with zero attached hydrogens (tertiary/aromatic N) is 1. The monoisotopic (exact) mass is 317 g/mol. The second-order valence-electron chi connectivity index (χ2n) is 6.02. The largest absolute Gasteiger partial charge is 0.392 e. The van der Waals surface area contributed by atoms with Gasteiger partial charge in [0, 0.05) is 17.1 Å². The standard InChI is InChI=1S/C22H23NO/c1-3-18-6-12-21(13-7-18)23(20-10-4-17(2)5-11-20)22-14-8-19(16-24)9-15-22/h4-15,24H,3,16H2,1-2H3.